The second kappa shape index (κ2) is 1.55. The Bertz CT molecular complexity index is 282. The molecule has 0 aliphatic rings. The summed E-state index contributed by atoms with van der Waals surface area (Å²) in [4.78, 5) is 10.8. The van der Waals surface area contributed by atoms with Gasteiger partial charge in [0.05, 0.1) is 5.52 Å². The summed E-state index contributed by atoms with van der Waals surface area (Å²) in [5.41, 5.74) is 0.963. The number of hydrogen-bond donors (Lipinski definition) is 1. The van der Waals surface area contributed by atoms with Crippen LogP contribution in [0.1, 0.15) is 0 Å². The molecule has 0 bridgehead atoms. The minimum Gasteiger partial charge on any atom is -0.365 e. The number of fused-ring (bicyclic) bond motifs is 1. The Hall–Kier alpha value is -1.38. The Labute approximate surface area is 51.8 Å². The fourth-order valence-corrected chi connectivity index (χ4v) is 0.792. The molecule has 0 atom stereocenters. The van der Waals surface area contributed by atoms with Crippen LogP contribution < -0.4 is 0 Å². The van der Waals surface area contributed by atoms with Crippen molar-refractivity contribution in [3.63, 3.8) is 0 Å². The highest BCUT2D eigenvalue weighted by molar-refractivity contribution is 5.76. The van der Waals surface area contributed by atoms with Crippen molar-refractivity contribution in [3.8, 4) is 0 Å². The van der Waals surface area contributed by atoms with Crippen molar-refractivity contribution in [2.75, 3.05) is 0 Å². The highest BCUT2D eigenvalue weighted by atomic mass is 14.8. The van der Waals surface area contributed by atoms with Gasteiger partial charge in [-0.15, -0.1) is 0 Å². The molecule has 9 heavy (non-hydrogen) atoms. The van der Waals surface area contributed by atoms with Crippen LogP contribution in [0.15, 0.2) is 24.9 Å². The van der Waals surface area contributed by atoms with Crippen molar-refractivity contribution in [1.82, 2.24) is 15.0 Å². The smallest absolute Gasteiger partial charge is 0.116 e. The molecular weight excluding hydrogens is 114 g/mol. The molecule has 2 rings (SSSR count). The molecule has 1 N–H and O–H groups in total. The summed E-state index contributed by atoms with van der Waals surface area (Å²) in [6, 6.07) is 0. The Kier molecular flexibility index (Phi) is 0.773. The molecule has 0 unspecified atom stereocenters. The van der Waals surface area contributed by atoms with E-state index in [1.807, 2.05) is 12.4 Å². The van der Waals surface area contributed by atoms with Gasteiger partial charge in [-0.3, -0.25) is 0 Å². The zero-order valence-corrected chi connectivity index (χ0v) is 4.70. The lowest BCUT2D eigenvalue weighted by Gasteiger charge is -1.80. The van der Waals surface area contributed by atoms with Crippen LogP contribution in [0.2, 0.25) is 0 Å². The molecule has 0 amide bonds. The predicted octanol–water partition coefficient (Wildman–Crippen LogP) is 0.958. The molecule has 3 heteroatoms. The molecule has 3 nitrogen and oxygen atoms in total. The van der Waals surface area contributed by atoms with E-state index in [2.05, 4.69) is 15.0 Å². The van der Waals surface area contributed by atoms with Gasteiger partial charge in [0.2, 0.25) is 0 Å². The predicted molar refractivity (Wildman–Crippen MR) is 33.9 cm³/mol. The number of rotatable bonds is 0. The largest absolute Gasteiger partial charge is 0.365 e. The molecule has 2 aromatic heterocycles. The molecule has 2 heterocycles. The lowest BCUT2D eigenvalue weighted by molar-refractivity contribution is 1.23. The Morgan fingerprint density at radius 3 is 3.22 bits per heavy atom. The summed E-state index contributed by atoms with van der Waals surface area (Å²) in [5, 5.41) is 1.05. The highest BCUT2D eigenvalue weighted by Gasteiger charge is 1.89. The third-order valence-corrected chi connectivity index (χ3v) is 1.23. The van der Waals surface area contributed by atoms with Crippen LogP contribution in [0.3, 0.4) is 0 Å². The standard InChI is InChI=1S/C6H5N3/c1-5-2-8-4-9-6(5)3-7-1/h1-4,7H. The topological polar surface area (TPSA) is 41.6 Å². The number of H-pyrrole nitrogens is 1. The van der Waals surface area contributed by atoms with E-state index in [0.717, 1.165) is 10.9 Å². The molecule has 0 spiro atoms. The first kappa shape index (κ1) is 4.49. The molecule has 0 aromatic carbocycles. The van der Waals surface area contributed by atoms with Gasteiger partial charge < -0.3 is 4.98 Å². The summed E-state index contributed by atoms with van der Waals surface area (Å²) in [5.74, 6) is 0. The van der Waals surface area contributed by atoms with Crippen molar-refractivity contribution in [2.24, 2.45) is 0 Å². The molecule has 0 aliphatic heterocycles. The fraction of sp³-hybridized carbons (Fsp3) is 0. The number of aromatic nitrogens is 3. The van der Waals surface area contributed by atoms with Crippen LogP contribution in [0.5, 0.6) is 0 Å². The molecule has 0 fully saturated rings. The summed E-state index contributed by atoms with van der Waals surface area (Å²) < 4.78 is 0. The summed E-state index contributed by atoms with van der Waals surface area (Å²) in [6.07, 6.45) is 7.03. The van der Waals surface area contributed by atoms with Crippen LogP contribution in [0.25, 0.3) is 10.9 Å². The third kappa shape index (κ3) is 0.579. The van der Waals surface area contributed by atoms with E-state index in [1.165, 1.54) is 6.33 Å². The van der Waals surface area contributed by atoms with Crippen LogP contribution in [0.4, 0.5) is 0 Å². The molecule has 44 valence electrons. The summed E-state index contributed by atoms with van der Waals surface area (Å²) in [6.45, 7) is 0. The van der Waals surface area contributed by atoms with Gasteiger partial charge in [0, 0.05) is 24.0 Å². The molecule has 0 radical (unpaired) electrons. The average Bonchev–Trinajstić information content (AvgIpc) is 2.33. The monoisotopic (exact) mass is 119 g/mol. The summed E-state index contributed by atoms with van der Waals surface area (Å²) in [7, 11) is 0. The number of aromatic amines is 1. The van der Waals surface area contributed by atoms with Crippen molar-refractivity contribution < 1.29 is 0 Å². The van der Waals surface area contributed by atoms with E-state index >= 15 is 0 Å². The minimum absolute atomic E-state index is 0.963. The van der Waals surface area contributed by atoms with Gasteiger partial charge in [0.15, 0.2) is 0 Å². The Morgan fingerprint density at radius 2 is 2.33 bits per heavy atom. The van der Waals surface area contributed by atoms with Gasteiger partial charge in [0.25, 0.3) is 0 Å². The van der Waals surface area contributed by atoms with Gasteiger partial charge in [-0.25, -0.2) is 9.97 Å². The second-order valence-corrected chi connectivity index (χ2v) is 1.82. The Balaban J connectivity index is 2.95. The Morgan fingerprint density at radius 1 is 1.33 bits per heavy atom. The zero-order chi connectivity index (χ0) is 6.10. The minimum atomic E-state index is 0.963. The normalized spacial score (nSPS) is 10.2. The van der Waals surface area contributed by atoms with E-state index in [9.17, 15) is 0 Å². The molecule has 2 aromatic rings. The SMILES string of the molecule is c1ncc2c[nH]cc2n1. The van der Waals surface area contributed by atoms with Crippen LogP contribution in [-0.4, -0.2) is 15.0 Å². The molecular formula is C6H5N3. The van der Waals surface area contributed by atoms with Gasteiger partial charge in [0.1, 0.15) is 6.33 Å². The van der Waals surface area contributed by atoms with Crippen molar-refractivity contribution >= 4 is 10.9 Å². The summed E-state index contributed by atoms with van der Waals surface area (Å²) >= 11 is 0. The van der Waals surface area contributed by atoms with E-state index in [4.69, 9.17) is 0 Å². The lowest BCUT2D eigenvalue weighted by Crippen LogP contribution is -1.72. The molecule has 0 aliphatic carbocycles. The van der Waals surface area contributed by atoms with Gasteiger partial charge in [-0.2, -0.15) is 0 Å². The van der Waals surface area contributed by atoms with Gasteiger partial charge in [-0.1, -0.05) is 0 Å². The van der Waals surface area contributed by atoms with Crippen molar-refractivity contribution in [1.29, 1.82) is 0 Å². The van der Waals surface area contributed by atoms with Crippen molar-refractivity contribution in [3.05, 3.63) is 24.9 Å². The number of nitrogens with zero attached hydrogens (tertiary/aromatic N) is 2. The number of hydrogen-bond acceptors (Lipinski definition) is 2. The first-order valence-corrected chi connectivity index (χ1v) is 2.69. The van der Waals surface area contributed by atoms with E-state index < -0.39 is 0 Å². The van der Waals surface area contributed by atoms with Crippen LogP contribution in [0, 0.1) is 0 Å². The second-order valence-electron chi connectivity index (χ2n) is 1.82. The van der Waals surface area contributed by atoms with Crippen molar-refractivity contribution in [2.45, 2.75) is 0 Å². The third-order valence-electron chi connectivity index (χ3n) is 1.23. The number of nitrogens with one attached hydrogen (secondary N) is 1. The first-order valence-electron chi connectivity index (χ1n) is 2.69. The quantitative estimate of drug-likeness (QED) is 0.561. The van der Waals surface area contributed by atoms with Crippen LogP contribution in [-0.2, 0) is 0 Å². The average molecular weight is 119 g/mol. The van der Waals surface area contributed by atoms with Crippen LogP contribution >= 0.6 is 0 Å². The first-order chi connectivity index (χ1) is 4.47. The maximum absolute atomic E-state index is 4.00. The molecule has 0 saturated carbocycles. The van der Waals surface area contributed by atoms with Gasteiger partial charge >= 0.3 is 0 Å². The maximum Gasteiger partial charge on any atom is 0.116 e. The van der Waals surface area contributed by atoms with E-state index in [-0.39, 0.29) is 0 Å². The maximum atomic E-state index is 4.00. The highest BCUT2D eigenvalue weighted by Crippen LogP contribution is 2.04. The zero-order valence-electron chi connectivity index (χ0n) is 4.70. The van der Waals surface area contributed by atoms with E-state index in [1.54, 1.807) is 6.20 Å². The fourth-order valence-electron chi connectivity index (χ4n) is 0.792. The van der Waals surface area contributed by atoms with E-state index in [0.29, 0.717) is 0 Å². The van der Waals surface area contributed by atoms with Gasteiger partial charge in [-0.05, 0) is 0 Å². The lowest BCUT2D eigenvalue weighted by atomic mass is 10.4. The molecule has 0 saturated heterocycles.